The van der Waals surface area contributed by atoms with Crippen LogP contribution in [0.4, 0.5) is 0 Å². The van der Waals surface area contributed by atoms with E-state index in [1.165, 1.54) is 6.42 Å². The first-order valence-corrected chi connectivity index (χ1v) is 4.34. The van der Waals surface area contributed by atoms with Crippen molar-refractivity contribution >= 4 is 0 Å². The summed E-state index contributed by atoms with van der Waals surface area (Å²) < 4.78 is 5.46. The molecule has 0 amide bonds. The van der Waals surface area contributed by atoms with Crippen LogP contribution in [0, 0.1) is 12.3 Å². The molecule has 1 heterocycles. The van der Waals surface area contributed by atoms with Crippen molar-refractivity contribution in [3.05, 3.63) is 18.0 Å². The summed E-state index contributed by atoms with van der Waals surface area (Å²) in [7, 11) is 0. The molecule has 1 saturated carbocycles. The van der Waals surface area contributed by atoms with E-state index in [0.717, 1.165) is 12.8 Å². The maximum Gasteiger partial charge on any atom is 0.316 e. The Morgan fingerprint density at radius 3 is 2.54 bits per heavy atom. The number of nitrogens with zero attached hydrogens (tertiary/aromatic N) is 2. The molecule has 0 aromatic carbocycles. The molecule has 3 nitrogen and oxygen atoms in total. The Morgan fingerprint density at radius 1 is 1.38 bits per heavy atom. The van der Waals surface area contributed by atoms with Gasteiger partial charge in [0, 0.05) is 12.4 Å². The van der Waals surface area contributed by atoms with Crippen molar-refractivity contribution in [2.45, 2.75) is 25.4 Å². The first kappa shape index (κ1) is 8.06. The summed E-state index contributed by atoms with van der Waals surface area (Å²) in [5.74, 6) is 2.45. The smallest absolute Gasteiger partial charge is 0.316 e. The predicted molar refractivity (Wildman–Crippen MR) is 48.2 cm³/mol. The molecule has 1 aromatic heterocycles. The van der Waals surface area contributed by atoms with Crippen molar-refractivity contribution in [1.82, 2.24) is 9.97 Å². The molecule has 0 aliphatic heterocycles. The normalized spacial score (nSPS) is 15.9. The second-order valence-corrected chi connectivity index (χ2v) is 3.07. The van der Waals surface area contributed by atoms with Crippen LogP contribution in [-0.2, 0) is 0 Å². The van der Waals surface area contributed by atoms with Crippen LogP contribution in [0.2, 0.25) is 0 Å². The van der Waals surface area contributed by atoms with Gasteiger partial charge in [0.2, 0.25) is 0 Å². The fourth-order valence-electron chi connectivity index (χ4n) is 1.09. The summed E-state index contributed by atoms with van der Waals surface area (Å²) in [6.45, 7) is 0. The summed E-state index contributed by atoms with van der Waals surface area (Å²) in [6.07, 6.45) is 12.1. The van der Waals surface area contributed by atoms with Gasteiger partial charge in [0.05, 0.1) is 5.56 Å². The van der Waals surface area contributed by atoms with Gasteiger partial charge in [0.15, 0.2) is 0 Å². The summed E-state index contributed by atoms with van der Waals surface area (Å²) in [4.78, 5) is 7.99. The molecule has 2 rings (SSSR count). The van der Waals surface area contributed by atoms with Crippen LogP contribution < -0.4 is 4.74 Å². The van der Waals surface area contributed by atoms with Crippen LogP contribution in [0.1, 0.15) is 24.8 Å². The minimum atomic E-state index is 0.316. The first-order chi connectivity index (χ1) is 6.38. The van der Waals surface area contributed by atoms with Gasteiger partial charge in [0.1, 0.15) is 6.10 Å². The zero-order valence-corrected chi connectivity index (χ0v) is 7.23. The van der Waals surface area contributed by atoms with Gasteiger partial charge in [-0.2, -0.15) is 0 Å². The van der Waals surface area contributed by atoms with E-state index in [9.17, 15) is 0 Å². The average molecular weight is 174 g/mol. The number of terminal acetylenes is 1. The van der Waals surface area contributed by atoms with Crippen molar-refractivity contribution < 1.29 is 4.74 Å². The third kappa shape index (κ3) is 1.78. The third-order valence-electron chi connectivity index (χ3n) is 2.12. The molecule has 66 valence electrons. The Balaban J connectivity index is 2.01. The fourth-order valence-corrected chi connectivity index (χ4v) is 1.09. The molecule has 1 aliphatic carbocycles. The maximum atomic E-state index is 5.46. The van der Waals surface area contributed by atoms with Gasteiger partial charge in [-0.05, 0) is 19.3 Å². The van der Waals surface area contributed by atoms with Gasteiger partial charge in [-0.15, -0.1) is 6.42 Å². The van der Waals surface area contributed by atoms with Gasteiger partial charge < -0.3 is 4.74 Å². The van der Waals surface area contributed by atoms with E-state index in [1.54, 1.807) is 12.4 Å². The molecule has 0 unspecified atom stereocenters. The van der Waals surface area contributed by atoms with Gasteiger partial charge in [-0.3, -0.25) is 0 Å². The van der Waals surface area contributed by atoms with Crippen molar-refractivity contribution in [1.29, 1.82) is 0 Å². The minimum Gasteiger partial charge on any atom is -0.460 e. The molecule has 0 radical (unpaired) electrons. The second-order valence-electron chi connectivity index (χ2n) is 3.07. The number of aromatic nitrogens is 2. The van der Waals surface area contributed by atoms with E-state index >= 15 is 0 Å². The third-order valence-corrected chi connectivity index (χ3v) is 2.12. The van der Waals surface area contributed by atoms with E-state index < -0.39 is 0 Å². The van der Waals surface area contributed by atoms with Crippen molar-refractivity contribution in [2.24, 2.45) is 0 Å². The monoisotopic (exact) mass is 174 g/mol. The lowest BCUT2D eigenvalue weighted by Gasteiger charge is -2.24. The summed E-state index contributed by atoms with van der Waals surface area (Å²) >= 11 is 0. The van der Waals surface area contributed by atoms with E-state index in [-0.39, 0.29) is 0 Å². The highest BCUT2D eigenvalue weighted by Crippen LogP contribution is 2.22. The number of hydrogen-bond donors (Lipinski definition) is 0. The quantitative estimate of drug-likeness (QED) is 0.635. The molecule has 0 atom stereocenters. The maximum absolute atomic E-state index is 5.46. The van der Waals surface area contributed by atoms with Gasteiger partial charge in [-0.25, -0.2) is 9.97 Å². The fraction of sp³-hybridized carbons (Fsp3) is 0.400. The van der Waals surface area contributed by atoms with Gasteiger partial charge >= 0.3 is 6.01 Å². The zero-order valence-electron chi connectivity index (χ0n) is 7.23. The van der Waals surface area contributed by atoms with Crippen LogP contribution in [0.3, 0.4) is 0 Å². The highest BCUT2D eigenvalue weighted by molar-refractivity contribution is 5.26. The number of rotatable bonds is 2. The van der Waals surface area contributed by atoms with Crippen molar-refractivity contribution in [2.75, 3.05) is 0 Å². The summed E-state index contributed by atoms with van der Waals surface area (Å²) in [6, 6.07) is 0.434. The Hall–Kier alpha value is -1.56. The van der Waals surface area contributed by atoms with E-state index in [0.29, 0.717) is 17.7 Å². The van der Waals surface area contributed by atoms with E-state index in [1.807, 2.05) is 0 Å². The Bertz CT molecular complexity index is 322. The summed E-state index contributed by atoms with van der Waals surface area (Å²) in [5, 5.41) is 0. The molecule has 0 saturated heterocycles. The topological polar surface area (TPSA) is 35.0 Å². The average Bonchev–Trinajstić information content (AvgIpc) is 2.12. The van der Waals surface area contributed by atoms with Crippen LogP contribution in [0.25, 0.3) is 0 Å². The lowest BCUT2D eigenvalue weighted by molar-refractivity contribution is 0.108. The van der Waals surface area contributed by atoms with Crippen molar-refractivity contribution in [3.63, 3.8) is 0 Å². The molecular formula is C10H10N2O. The zero-order chi connectivity index (χ0) is 9.10. The Labute approximate surface area is 77.2 Å². The molecular weight excluding hydrogens is 164 g/mol. The molecule has 0 N–H and O–H groups in total. The second kappa shape index (κ2) is 3.44. The minimum absolute atomic E-state index is 0.316. The van der Waals surface area contributed by atoms with E-state index in [2.05, 4.69) is 15.9 Å². The van der Waals surface area contributed by atoms with Crippen LogP contribution >= 0.6 is 0 Å². The molecule has 13 heavy (non-hydrogen) atoms. The van der Waals surface area contributed by atoms with Crippen LogP contribution in [-0.4, -0.2) is 16.1 Å². The largest absolute Gasteiger partial charge is 0.460 e. The highest BCUT2D eigenvalue weighted by Gasteiger charge is 2.19. The molecule has 1 fully saturated rings. The van der Waals surface area contributed by atoms with E-state index in [4.69, 9.17) is 11.2 Å². The predicted octanol–water partition coefficient (Wildman–Crippen LogP) is 1.39. The van der Waals surface area contributed by atoms with Crippen molar-refractivity contribution in [3.8, 4) is 18.4 Å². The highest BCUT2D eigenvalue weighted by atomic mass is 16.5. The number of hydrogen-bond acceptors (Lipinski definition) is 3. The standard InChI is InChI=1S/C10H10N2O/c1-2-8-6-11-10(12-7-8)13-9-4-3-5-9/h1,6-7,9H,3-5H2. The van der Waals surface area contributed by atoms with Crippen LogP contribution in [0.5, 0.6) is 6.01 Å². The molecule has 1 aromatic rings. The molecule has 0 spiro atoms. The number of ether oxygens (including phenoxy) is 1. The SMILES string of the molecule is C#Cc1cnc(OC2CCC2)nc1. The van der Waals surface area contributed by atoms with Gasteiger partial charge in [-0.1, -0.05) is 5.92 Å². The van der Waals surface area contributed by atoms with Crippen LogP contribution in [0.15, 0.2) is 12.4 Å². The Kier molecular flexibility index (Phi) is 2.13. The lowest BCUT2D eigenvalue weighted by atomic mass is 9.96. The molecule has 1 aliphatic rings. The molecule has 0 bridgehead atoms. The lowest BCUT2D eigenvalue weighted by Crippen LogP contribution is -2.25. The Morgan fingerprint density at radius 2 is 2.08 bits per heavy atom. The first-order valence-electron chi connectivity index (χ1n) is 4.34. The van der Waals surface area contributed by atoms with Gasteiger partial charge in [0.25, 0.3) is 0 Å². The molecule has 3 heteroatoms. The summed E-state index contributed by atoms with van der Waals surface area (Å²) in [5.41, 5.74) is 0.681.